The summed E-state index contributed by atoms with van der Waals surface area (Å²) in [7, 11) is 1.35. The maximum atomic E-state index is 13.0. The summed E-state index contributed by atoms with van der Waals surface area (Å²) in [5.74, 6) is 0.193. The van der Waals surface area contributed by atoms with Crippen molar-refractivity contribution < 1.29 is 9.53 Å². The minimum absolute atomic E-state index is 0.161. The van der Waals surface area contributed by atoms with Gasteiger partial charge in [0.15, 0.2) is 0 Å². The van der Waals surface area contributed by atoms with Gasteiger partial charge in [-0.2, -0.15) is 0 Å². The van der Waals surface area contributed by atoms with E-state index in [2.05, 4.69) is 11.5 Å². The molecule has 0 N–H and O–H groups in total. The van der Waals surface area contributed by atoms with E-state index in [1.165, 1.54) is 7.11 Å². The molecule has 2 heterocycles. The molecule has 2 aromatic heterocycles. The van der Waals surface area contributed by atoms with Crippen molar-refractivity contribution in [2.24, 2.45) is 0 Å². The number of rotatable bonds is 7. The molecule has 164 valence electrons. The lowest BCUT2D eigenvalue weighted by molar-refractivity contribution is 0.0601. The number of halogens is 1. The smallest absolute Gasteiger partial charge is 0.337 e. The molecule has 0 spiro atoms. The molecular formula is C25H24ClN3O3. The number of fused-ring (bicyclic) bond motifs is 1. The summed E-state index contributed by atoms with van der Waals surface area (Å²) < 4.78 is 8.44. The van der Waals surface area contributed by atoms with Crippen LogP contribution in [-0.2, 0) is 11.3 Å². The molecule has 0 saturated carbocycles. The van der Waals surface area contributed by atoms with Crippen molar-refractivity contribution in [2.45, 2.75) is 32.7 Å². The van der Waals surface area contributed by atoms with Crippen molar-refractivity contribution in [1.82, 2.24) is 14.0 Å². The fourth-order valence-corrected chi connectivity index (χ4v) is 3.86. The van der Waals surface area contributed by atoms with Gasteiger partial charge in [0.05, 0.1) is 24.1 Å². The van der Waals surface area contributed by atoms with Gasteiger partial charge in [-0.05, 0) is 36.2 Å². The van der Waals surface area contributed by atoms with Gasteiger partial charge in [0.2, 0.25) is 5.78 Å². The molecule has 0 fully saturated rings. The van der Waals surface area contributed by atoms with E-state index in [-0.39, 0.29) is 5.56 Å². The molecule has 4 rings (SSSR count). The Kier molecular flexibility index (Phi) is 6.42. The minimum Gasteiger partial charge on any atom is -0.465 e. The summed E-state index contributed by atoms with van der Waals surface area (Å²) in [5, 5.41) is 0.648. The average molecular weight is 450 g/mol. The van der Waals surface area contributed by atoms with Gasteiger partial charge in [-0.1, -0.05) is 55.6 Å². The number of methoxy groups -OCH3 is 1. The third-order valence-electron chi connectivity index (χ3n) is 5.44. The van der Waals surface area contributed by atoms with Crippen LogP contribution in [0.3, 0.4) is 0 Å². The van der Waals surface area contributed by atoms with E-state index in [4.69, 9.17) is 21.3 Å². The molecule has 0 unspecified atom stereocenters. The molecule has 0 amide bonds. The Morgan fingerprint density at radius 1 is 1.03 bits per heavy atom. The number of esters is 1. The number of imidazole rings is 1. The first-order valence-electron chi connectivity index (χ1n) is 10.6. The zero-order valence-electron chi connectivity index (χ0n) is 18.0. The second-order valence-corrected chi connectivity index (χ2v) is 8.03. The molecule has 0 aliphatic heterocycles. The lowest BCUT2D eigenvalue weighted by Crippen LogP contribution is -2.18. The van der Waals surface area contributed by atoms with Gasteiger partial charge in [-0.15, -0.1) is 0 Å². The van der Waals surface area contributed by atoms with Crippen LogP contribution in [0.1, 0.15) is 36.5 Å². The monoisotopic (exact) mass is 449 g/mol. The molecule has 0 aliphatic rings. The predicted octanol–water partition coefficient (Wildman–Crippen LogP) is 5.46. The van der Waals surface area contributed by atoms with Gasteiger partial charge >= 0.3 is 5.97 Å². The number of benzene rings is 2. The van der Waals surface area contributed by atoms with Gasteiger partial charge in [-0.3, -0.25) is 9.20 Å². The number of carbonyl (C=O) groups excluding carboxylic acids is 1. The van der Waals surface area contributed by atoms with E-state index in [1.807, 2.05) is 36.4 Å². The molecule has 0 aliphatic carbocycles. The number of ether oxygens (including phenoxy) is 1. The standard InChI is InChI=1S/C25H24ClN3O3/c1-3-4-5-14-28-22(18-6-8-19(9-7-18)24(31)32-2)15-23(30)29-16-21(27-25(28)29)17-10-12-20(26)13-11-17/h6-13,15-16H,3-5,14H2,1-2H3. The number of nitrogens with zero attached hydrogens (tertiary/aromatic N) is 3. The molecule has 0 bridgehead atoms. The summed E-state index contributed by atoms with van der Waals surface area (Å²) in [4.78, 5) is 29.6. The highest BCUT2D eigenvalue weighted by Crippen LogP contribution is 2.25. The Balaban J connectivity index is 1.86. The molecule has 0 saturated heterocycles. The van der Waals surface area contributed by atoms with Crippen LogP contribution >= 0.6 is 11.6 Å². The quantitative estimate of drug-likeness (QED) is 0.277. The summed E-state index contributed by atoms with van der Waals surface area (Å²) in [6, 6.07) is 16.1. The first-order chi connectivity index (χ1) is 15.5. The number of carbonyl (C=O) groups is 1. The second kappa shape index (κ2) is 9.40. The predicted molar refractivity (Wildman–Crippen MR) is 126 cm³/mol. The number of unbranched alkanes of at least 4 members (excludes halogenated alkanes) is 2. The zero-order valence-corrected chi connectivity index (χ0v) is 18.8. The number of hydrogen-bond donors (Lipinski definition) is 0. The first-order valence-corrected chi connectivity index (χ1v) is 11.0. The molecular weight excluding hydrogens is 426 g/mol. The third-order valence-corrected chi connectivity index (χ3v) is 5.70. The van der Waals surface area contributed by atoms with E-state index in [0.717, 1.165) is 42.6 Å². The maximum absolute atomic E-state index is 13.0. The van der Waals surface area contributed by atoms with Gasteiger partial charge in [0.1, 0.15) is 0 Å². The van der Waals surface area contributed by atoms with E-state index < -0.39 is 5.97 Å². The normalized spacial score (nSPS) is 11.1. The van der Waals surface area contributed by atoms with Crippen molar-refractivity contribution >= 4 is 23.3 Å². The summed E-state index contributed by atoms with van der Waals surface area (Å²) in [6.07, 6.45) is 4.89. The van der Waals surface area contributed by atoms with E-state index >= 15 is 0 Å². The molecule has 32 heavy (non-hydrogen) atoms. The molecule has 6 nitrogen and oxygen atoms in total. The minimum atomic E-state index is -0.395. The summed E-state index contributed by atoms with van der Waals surface area (Å²) in [6.45, 7) is 2.88. The Hall–Kier alpha value is -3.38. The fourth-order valence-electron chi connectivity index (χ4n) is 3.73. The van der Waals surface area contributed by atoms with Gasteiger partial charge in [0.25, 0.3) is 5.56 Å². The van der Waals surface area contributed by atoms with E-state index in [1.54, 1.807) is 28.8 Å². The lowest BCUT2D eigenvalue weighted by atomic mass is 10.1. The van der Waals surface area contributed by atoms with Crippen LogP contribution in [0.4, 0.5) is 0 Å². The number of aryl methyl sites for hydroxylation is 1. The van der Waals surface area contributed by atoms with Gasteiger partial charge in [-0.25, -0.2) is 9.78 Å². The Labute approximate surface area is 191 Å². The van der Waals surface area contributed by atoms with Crippen molar-refractivity contribution in [3.63, 3.8) is 0 Å². The summed E-state index contributed by atoms with van der Waals surface area (Å²) >= 11 is 6.02. The van der Waals surface area contributed by atoms with Crippen molar-refractivity contribution in [1.29, 1.82) is 0 Å². The van der Waals surface area contributed by atoms with E-state index in [0.29, 0.717) is 22.1 Å². The van der Waals surface area contributed by atoms with Crippen molar-refractivity contribution in [3.05, 3.63) is 81.7 Å². The number of hydrogen-bond acceptors (Lipinski definition) is 4. The van der Waals surface area contributed by atoms with Crippen LogP contribution in [-0.4, -0.2) is 27.0 Å². The maximum Gasteiger partial charge on any atom is 0.337 e. The highest BCUT2D eigenvalue weighted by molar-refractivity contribution is 6.30. The highest BCUT2D eigenvalue weighted by atomic mass is 35.5. The summed E-state index contributed by atoms with van der Waals surface area (Å²) in [5.41, 5.74) is 3.50. The van der Waals surface area contributed by atoms with Gasteiger partial charge < -0.3 is 9.30 Å². The fraction of sp³-hybridized carbons (Fsp3) is 0.240. The van der Waals surface area contributed by atoms with Crippen LogP contribution in [0, 0.1) is 0 Å². The first kappa shape index (κ1) is 21.8. The lowest BCUT2D eigenvalue weighted by Gasteiger charge is -2.15. The van der Waals surface area contributed by atoms with Crippen LogP contribution in [0.2, 0.25) is 5.02 Å². The van der Waals surface area contributed by atoms with E-state index in [9.17, 15) is 9.59 Å². The van der Waals surface area contributed by atoms with Gasteiger partial charge in [0, 0.05) is 29.4 Å². The third kappa shape index (κ3) is 4.32. The second-order valence-electron chi connectivity index (χ2n) is 7.60. The molecule has 7 heteroatoms. The zero-order chi connectivity index (χ0) is 22.7. The Morgan fingerprint density at radius 3 is 2.38 bits per heavy atom. The average Bonchev–Trinajstić information content (AvgIpc) is 3.27. The van der Waals surface area contributed by atoms with Crippen LogP contribution in [0.25, 0.3) is 28.3 Å². The van der Waals surface area contributed by atoms with Crippen LogP contribution in [0.5, 0.6) is 0 Å². The molecule has 0 radical (unpaired) electrons. The van der Waals surface area contributed by atoms with Crippen LogP contribution in [0.15, 0.2) is 65.6 Å². The number of aromatic nitrogens is 3. The van der Waals surface area contributed by atoms with Crippen molar-refractivity contribution in [2.75, 3.05) is 7.11 Å². The molecule has 0 atom stereocenters. The largest absolute Gasteiger partial charge is 0.465 e. The topological polar surface area (TPSA) is 65.6 Å². The van der Waals surface area contributed by atoms with Crippen molar-refractivity contribution in [3.8, 4) is 22.5 Å². The van der Waals surface area contributed by atoms with Crippen LogP contribution < -0.4 is 5.56 Å². The Morgan fingerprint density at radius 2 is 1.72 bits per heavy atom. The highest BCUT2D eigenvalue weighted by Gasteiger charge is 2.15. The SMILES string of the molecule is CCCCCn1c(-c2ccc(C(=O)OC)cc2)cc(=O)n2cc(-c3ccc(Cl)cc3)nc12. The Bertz CT molecular complexity index is 1310. The molecule has 2 aromatic carbocycles. The molecule has 4 aromatic rings.